The SMILES string of the molecule is COCOc1cc(-c2nc3c4c(nc(OC[C@]56CCCN5C[C@H](F)C6)nc4c2F)N2C[C@@H]4CC[C@H]([C@@H]2CO3)N4C(=O)OC(C)(C)C)c2c(F)cccc2c1. The van der Waals surface area contributed by atoms with Gasteiger partial charge >= 0.3 is 12.1 Å². The number of methoxy groups -OCH3 is 1. The average Bonchev–Trinajstić information content (AvgIpc) is 3.73. The summed E-state index contributed by atoms with van der Waals surface area (Å²) in [5.41, 5.74) is -1.35. The maximum Gasteiger partial charge on any atom is 0.410 e. The minimum atomic E-state index is -0.960. The number of aromatic nitrogens is 3. The standard InChI is InChI=1S/C39H43F3N6O6/c1-38(2,3)54-37(49)48-23-9-10-27(48)28-18-51-35-30-33(31(42)32(43-35)25-14-24(53-20-50-4)13-21-7-5-8-26(41)29(21)25)44-36(45-34(30)47(28)17-23)52-19-39-11-6-12-46(39)16-22(40)15-39/h5,7-8,13-14,22-23,27-28H,6,9-12,15-20H2,1-4H3/t22-,23+,27-,28+,39-/m1/s1. The minimum absolute atomic E-state index is 0.0705. The van der Waals surface area contributed by atoms with E-state index in [1.165, 1.54) is 19.2 Å². The molecule has 4 fully saturated rings. The molecule has 0 unspecified atom stereocenters. The van der Waals surface area contributed by atoms with E-state index >= 15 is 8.78 Å². The lowest BCUT2D eigenvalue weighted by molar-refractivity contribution is 0.00537. The number of carbonyl (C=O) groups is 1. The number of pyridine rings is 1. The van der Waals surface area contributed by atoms with E-state index in [0.29, 0.717) is 42.9 Å². The number of nitrogens with zero attached hydrogens (tertiary/aromatic N) is 6. The molecular formula is C39H43F3N6O6. The van der Waals surface area contributed by atoms with Gasteiger partial charge in [-0.15, -0.1) is 0 Å². The molecule has 4 saturated heterocycles. The van der Waals surface area contributed by atoms with Gasteiger partial charge in [0.15, 0.2) is 12.6 Å². The van der Waals surface area contributed by atoms with E-state index in [2.05, 4.69) is 14.8 Å². The van der Waals surface area contributed by atoms with Crippen molar-refractivity contribution in [3.05, 3.63) is 42.0 Å². The molecule has 15 heteroatoms. The van der Waals surface area contributed by atoms with Crippen molar-refractivity contribution in [2.24, 2.45) is 0 Å². The Kier molecular flexibility index (Phi) is 8.45. The molecule has 0 radical (unpaired) electrons. The molecule has 0 N–H and O–H groups in total. The highest BCUT2D eigenvalue weighted by molar-refractivity contribution is 6.02. The van der Waals surface area contributed by atoms with Crippen LogP contribution in [-0.4, -0.2) is 113 Å². The molecule has 7 heterocycles. The molecule has 12 nitrogen and oxygen atoms in total. The molecule has 2 aromatic heterocycles. The maximum atomic E-state index is 17.4. The summed E-state index contributed by atoms with van der Waals surface area (Å²) in [6, 6.07) is 6.81. The number of piperazine rings is 1. The molecule has 2 bridgehead atoms. The highest BCUT2D eigenvalue weighted by atomic mass is 19.1. The third-order valence-electron chi connectivity index (χ3n) is 11.5. The van der Waals surface area contributed by atoms with Gasteiger partial charge in [-0.1, -0.05) is 12.1 Å². The molecule has 5 atom stereocenters. The van der Waals surface area contributed by atoms with Crippen molar-refractivity contribution in [1.29, 1.82) is 0 Å². The minimum Gasteiger partial charge on any atom is -0.475 e. The second-order valence-electron chi connectivity index (χ2n) is 16.1. The Labute approximate surface area is 310 Å². The van der Waals surface area contributed by atoms with Crippen LogP contribution in [0.2, 0.25) is 0 Å². The van der Waals surface area contributed by atoms with Crippen molar-refractivity contribution >= 4 is 33.6 Å². The zero-order valence-electron chi connectivity index (χ0n) is 30.7. The summed E-state index contributed by atoms with van der Waals surface area (Å²) in [6.07, 6.45) is 2.13. The van der Waals surface area contributed by atoms with Crippen LogP contribution in [0.1, 0.15) is 52.9 Å². The summed E-state index contributed by atoms with van der Waals surface area (Å²) in [4.78, 5) is 33.8. The van der Waals surface area contributed by atoms with Gasteiger partial charge in [0.05, 0.1) is 23.7 Å². The molecule has 9 rings (SSSR count). The Balaban J connectivity index is 1.19. The van der Waals surface area contributed by atoms with Crippen molar-refractivity contribution in [2.75, 3.05) is 51.7 Å². The van der Waals surface area contributed by atoms with Gasteiger partial charge < -0.3 is 28.6 Å². The van der Waals surface area contributed by atoms with Crippen LogP contribution in [0, 0.1) is 11.6 Å². The molecule has 54 heavy (non-hydrogen) atoms. The van der Waals surface area contributed by atoms with Crippen LogP contribution >= 0.6 is 0 Å². The van der Waals surface area contributed by atoms with E-state index in [-0.39, 0.29) is 71.5 Å². The lowest BCUT2D eigenvalue weighted by Gasteiger charge is -2.46. The van der Waals surface area contributed by atoms with Crippen molar-refractivity contribution in [3.8, 4) is 28.9 Å². The van der Waals surface area contributed by atoms with E-state index in [9.17, 15) is 9.18 Å². The molecule has 0 saturated carbocycles. The second kappa shape index (κ2) is 13.0. The Morgan fingerprint density at radius 3 is 2.72 bits per heavy atom. The Hall–Kier alpha value is -4.63. The van der Waals surface area contributed by atoms with Crippen molar-refractivity contribution < 1.29 is 41.7 Å². The van der Waals surface area contributed by atoms with Gasteiger partial charge in [-0.25, -0.2) is 22.9 Å². The Morgan fingerprint density at radius 1 is 1.06 bits per heavy atom. The maximum absolute atomic E-state index is 17.4. The van der Waals surface area contributed by atoms with Crippen LogP contribution < -0.4 is 19.1 Å². The first kappa shape index (κ1) is 35.1. The highest BCUT2D eigenvalue weighted by Gasteiger charge is 2.52. The predicted molar refractivity (Wildman–Crippen MR) is 193 cm³/mol. The van der Waals surface area contributed by atoms with Crippen LogP contribution in [0.25, 0.3) is 32.9 Å². The monoisotopic (exact) mass is 748 g/mol. The van der Waals surface area contributed by atoms with Gasteiger partial charge in [0, 0.05) is 37.6 Å². The zero-order chi connectivity index (χ0) is 37.5. The fourth-order valence-corrected chi connectivity index (χ4v) is 9.31. The van der Waals surface area contributed by atoms with E-state index in [0.717, 1.165) is 25.8 Å². The Morgan fingerprint density at radius 2 is 1.91 bits per heavy atom. The van der Waals surface area contributed by atoms with Crippen molar-refractivity contribution in [2.45, 2.75) is 88.3 Å². The predicted octanol–water partition coefficient (Wildman–Crippen LogP) is 6.41. The first-order chi connectivity index (χ1) is 25.9. The van der Waals surface area contributed by atoms with Crippen LogP contribution in [0.3, 0.4) is 0 Å². The molecule has 4 aromatic rings. The van der Waals surface area contributed by atoms with Gasteiger partial charge in [0.2, 0.25) is 5.88 Å². The van der Waals surface area contributed by atoms with Gasteiger partial charge in [-0.3, -0.25) is 9.80 Å². The van der Waals surface area contributed by atoms with Crippen LogP contribution in [-0.2, 0) is 9.47 Å². The summed E-state index contributed by atoms with van der Waals surface area (Å²) < 4.78 is 77.2. The van der Waals surface area contributed by atoms with Crippen molar-refractivity contribution in [1.82, 2.24) is 24.8 Å². The molecular weight excluding hydrogens is 705 g/mol. The number of anilines is 1. The third kappa shape index (κ3) is 5.81. The molecule has 5 aliphatic heterocycles. The summed E-state index contributed by atoms with van der Waals surface area (Å²) in [7, 11) is 1.48. The number of ether oxygens (including phenoxy) is 5. The normalized spacial score (nSPS) is 26.1. The summed E-state index contributed by atoms with van der Waals surface area (Å²) in [5.74, 6) is -0.626. The molecule has 0 spiro atoms. The number of hydrogen-bond acceptors (Lipinski definition) is 11. The van der Waals surface area contributed by atoms with E-state index in [1.807, 2.05) is 25.7 Å². The molecule has 286 valence electrons. The van der Waals surface area contributed by atoms with E-state index in [4.69, 9.17) is 33.7 Å². The lowest BCUT2D eigenvalue weighted by atomic mass is 9.95. The van der Waals surface area contributed by atoms with Gasteiger partial charge in [0.1, 0.15) is 59.0 Å². The van der Waals surface area contributed by atoms with E-state index in [1.54, 1.807) is 18.2 Å². The molecule has 2 aromatic carbocycles. The van der Waals surface area contributed by atoms with Crippen LogP contribution in [0.5, 0.6) is 17.6 Å². The smallest absolute Gasteiger partial charge is 0.410 e. The molecule has 5 aliphatic rings. The lowest BCUT2D eigenvalue weighted by Crippen LogP contribution is -2.63. The number of rotatable bonds is 7. The first-order valence-electron chi connectivity index (χ1n) is 18.6. The van der Waals surface area contributed by atoms with Gasteiger partial charge in [-0.05, 0) is 76.6 Å². The fraction of sp³-hybridized carbons (Fsp3) is 0.538. The zero-order valence-corrected chi connectivity index (χ0v) is 30.7. The summed E-state index contributed by atoms with van der Waals surface area (Å²) in [6.45, 7) is 7.17. The summed E-state index contributed by atoms with van der Waals surface area (Å²) >= 11 is 0. The first-order valence-corrected chi connectivity index (χ1v) is 18.6. The number of halogens is 3. The average molecular weight is 749 g/mol. The number of carbonyl (C=O) groups excluding carboxylic acids is 1. The quantitative estimate of drug-likeness (QED) is 0.196. The number of benzene rings is 2. The molecule has 1 amide bonds. The number of fused-ring (bicyclic) bond motifs is 7. The summed E-state index contributed by atoms with van der Waals surface area (Å²) in [5, 5.41) is 0.862. The third-order valence-corrected chi connectivity index (χ3v) is 11.5. The largest absolute Gasteiger partial charge is 0.475 e. The van der Waals surface area contributed by atoms with Crippen LogP contribution in [0.4, 0.5) is 23.8 Å². The van der Waals surface area contributed by atoms with Gasteiger partial charge in [0.25, 0.3) is 0 Å². The van der Waals surface area contributed by atoms with Crippen LogP contribution in [0.15, 0.2) is 30.3 Å². The number of amides is 1. The number of hydrogen-bond donors (Lipinski definition) is 0. The van der Waals surface area contributed by atoms with Gasteiger partial charge in [-0.2, -0.15) is 9.97 Å². The second-order valence-corrected chi connectivity index (χ2v) is 16.1. The van der Waals surface area contributed by atoms with Crippen molar-refractivity contribution in [3.63, 3.8) is 0 Å². The highest BCUT2D eigenvalue weighted by Crippen LogP contribution is 2.47. The number of alkyl halides is 1. The fourth-order valence-electron chi connectivity index (χ4n) is 9.31. The topological polar surface area (TPSA) is 112 Å². The van der Waals surface area contributed by atoms with E-state index < -0.39 is 41.1 Å². The Bertz CT molecular complexity index is 2150. The molecule has 0 aliphatic carbocycles.